The average molecular weight is 340 g/mol. The first-order valence-corrected chi connectivity index (χ1v) is 8.15. The SMILES string of the molecule is CN(Cc1cccc(Br)c1)CC(C)(C)N1CCNCC1. The van der Waals surface area contributed by atoms with Gasteiger partial charge in [-0.25, -0.2) is 0 Å². The average Bonchev–Trinajstić information content (AvgIpc) is 2.39. The molecule has 1 aliphatic heterocycles. The highest BCUT2D eigenvalue weighted by atomic mass is 79.9. The molecule has 0 aromatic heterocycles. The quantitative estimate of drug-likeness (QED) is 0.889. The fourth-order valence-corrected chi connectivity index (χ4v) is 3.48. The van der Waals surface area contributed by atoms with E-state index in [1.165, 1.54) is 5.56 Å². The van der Waals surface area contributed by atoms with E-state index in [4.69, 9.17) is 0 Å². The van der Waals surface area contributed by atoms with Crippen molar-refractivity contribution in [3.8, 4) is 0 Å². The van der Waals surface area contributed by atoms with Gasteiger partial charge in [0.1, 0.15) is 0 Å². The number of nitrogens with zero attached hydrogens (tertiary/aromatic N) is 2. The second-order valence-corrected chi connectivity index (χ2v) is 7.27. The summed E-state index contributed by atoms with van der Waals surface area (Å²) in [5.74, 6) is 0. The van der Waals surface area contributed by atoms with Crippen molar-refractivity contribution in [1.29, 1.82) is 0 Å². The Balaban J connectivity index is 1.90. The third-order valence-electron chi connectivity index (χ3n) is 3.97. The number of benzene rings is 1. The van der Waals surface area contributed by atoms with E-state index < -0.39 is 0 Å². The Morgan fingerprint density at radius 3 is 2.65 bits per heavy atom. The summed E-state index contributed by atoms with van der Waals surface area (Å²) in [7, 11) is 2.21. The van der Waals surface area contributed by atoms with Crippen LogP contribution in [-0.4, -0.2) is 55.1 Å². The van der Waals surface area contributed by atoms with Gasteiger partial charge in [0.05, 0.1) is 0 Å². The van der Waals surface area contributed by atoms with E-state index in [0.717, 1.165) is 43.7 Å². The number of rotatable bonds is 5. The lowest BCUT2D eigenvalue weighted by Crippen LogP contribution is -2.57. The fourth-order valence-electron chi connectivity index (χ4n) is 3.03. The highest BCUT2D eigenvalue weighted by Crippen LogP contribution is 2.18. The molecule has 20 heavy (non-hydrogen) atoms. The van der Waals surface area contributed by atoms with Crippen molar-refractivity contribution in [2.75, 3.05) is 39.8 Å². The predicted octanol–water partition coefficient (Wildman–Crippen LogP) is 2.56. The van der Waals surface area contributed by atoms with Crippen LogP contribution in [-0.2, 0) is 6.54 Å². The molecule has 1 saturated heterocycles. The van der Waals surface area contributed by atoms with Gasteiger partial charge in [-0.3, -0.25) is 4.90 Å². The molecule has 0 unspecified atom stereocenters. The molecule has 0 radical (unpaired) electrons. The monoisotopic (exact) mass is 339 g/mol. The number of nitrogens with one attached hydrogen (secondary N) is 1. The van der Waals surface area contributed by atoms with Crippen LogP contribution in [0, 0.1) is 0 Å². The van der Waals surface area contributed by atoms with Gasteiger partial charge in [-0.05, 0) is 38.6 Å². The van der Waals surface area contributed by atoms with Crippen molar-refractivity contribution in [1.82, 2.24) is 15.1 Å². The minimum Gasteiger partial charge on any atom is -0.314 e. The molecular formula is C16H26BrN3. The second-order valence-electron chi connectivity index (χ2n) is 6.35. The highest BCUT2D eigenvalue weighted by Gasteiger charge is 2.28. The third kappa shape index (κ3) is 4.55. The van der Waals surface area contributed by atoms with Gasteiger partial charge in [-0.1, -0.05) is 28.1 Å². The summed E-state index contributed by atoms with van der Waals surface area (Å²) >= 11 is 3.54. The zero-order valence-corrected chi connectivity index (χ0v) is 14.4. The molecule has 1 heterocycles. The number of hydrogen-bond donors (Lipinski definition) is 1. The molecule has 0 aliphatic carbocycles. The van der Waals surface area contributed by atoms with Crippen LogP contribution in [0.1, 0.15) is 19.4 Å². The molecule has 2 rings (SSSR count). The normalized spacial score (nSPS) is 17.6. The van der Waals surface area contributed by atoms with E-state index in [1.807, 2.05) is 0 Å². The van der Waals surface area contributed by atoms with Crippen molar-refractivity contribution in [3.63, 3.8) is 0 Å². The zero-order valence-electron chi connectivity index (χ0n) is 12.8. The van der Waals surface area contributed by atoms with Crippen LogP contribution < -0.4 is 5.32 Å². The van der Waals surface area contributed by atoms with Crippen LogP contribution in [0.4, 0.5) is 0 Å². The predicted molar refractivity (Wildman–Crippen MR) is 89.0 cm³/mol. The number of halogens is 1. The van der Waals surface area contributed by atoms with E-state index in [-0.39, 0.29) is 5.54 Å². The number of hydrogen-bond acceptors (Lipinski definition) is 3. The molecule has 1 aromatic carbocycles. The molecular weight excluding hydrogens is 314 g/mol. The molecule has 0 bridgehead atoms. The molecule has 1 aliphatic rings. The molecule has 0 spiro atoms. The van der Waals surface area contributed by atoms with Crippen molar-refractivity contribution >= 4 is 15.9 Å². The van der Waals surface area contributed by atoms with Gasteiger partial charge in [0.2, 0.25) is 0 Å². The van der Waals surface area contributed by atoms with Gasteiger partial charge in [0.25, 0.3) is 0 Å². The Bertz CT molecular complexity index is 427. The van der Waals surface area contributed by atoms with E-state index in [1.54, 1.807) is 0 Å². The maximum atomic E-state index is 3.54. The van der Waals surface area contributed by atoms with Crippen molar-refractivity contribution < 1.29 is 0 Å². The lowest BCUT2D eigenvalue weighted by atomic mass is 10.0. The van der Waals surface area contributed by atoms with Crippen LogP contribution in [0.2, 0.25) is 0 Å². The molecule has 1 fully saturated rings. The van der Waals surface area contributed by atoms with E-state index in [9.17, 15) is 0 Å². The van der Waals surface area contributed by atoms with Gasteiger partial charge in [-0.15, -0.1) is 0 Å². The summed E-state index contributed by atoms with van der Waals surface area (Å²) in [5.41, 5.74) is 1.58. The lowest BCUT2D eigenvalue weighted by molar-refractivity contribution is 0.0693. The Morgan fingerprint density at radius 1 is 1.30 bits per heavy atom. The maximum Gasteiger partial charge on any atom is 0.0281 e. The van der Waals surface area contributed by atoms with Crippen molar-refractivity contribution in [2.45, 2.75) is 25.9 Å². The van der Waals surface area contributed by atoms with E-state index in [2.05, 4.69) is 76.2 Å². The first-order chi connectivity index (χ1) is 9.47. The summed E-state index contributed by atoms with van der Waals surface area (Å²) in [6.07, 6.45) is 0. The summed E-state index contributed by atoms with van der Waals surface area (Å²) < 4.78 is 1.16. The maximum absolute atomic E-state index is 3.54. The molecule has 4 heteroatoms. The molecule has 3 nitrogen and oxygen atoms in total. The number of likely N-dealkylation sites (N-methyl/N-ethyl adjacent to an activating group) is 1. The first-order valence-electron chi connectivity index (χ1n) is 7.36. The standard InChI is InChI=1S/C16H26BrN3/c1-16(2,20-9-7-18-8-10-20)13-19(3)12-14-5-4-6-15(17)11-14/h4-6,11,18H,7-10,12-13H2,1-3H3. The summed E-state index contributed by atoms with van der Waals surface area (Å²) in [6, 6.07) is 8.58. The van der Waals surface area contributed by atoms with Gasteiger partial charge < -0.3 is 10.2 Å². The summed E-state index contributed by atoms with van der Waals surface area (Å²) in [4.78, 5) is 5.02. The zero-order chi connectivity index (χ0) is 14.6. The summed E-state index contributed by atoms with van der Waals surface area (Å²) in [6.45, 7) is 11.3. The number of piperazine rings is 1. The lowest BCUT2D eigenvalue weighted by Gasteiger charge is -2.43. The minimum atomic E-state index is 0.225. The smallest absolute Gasteiger partial charge is 0.0281 e. The van der Waals surface area contributed by atoms with Gasteiger partial charge in [0.15, 0.2) is 0 Å². The molecule has 112 valence electrons. The van der Waals surface area contributed by atoms with Gasteiger partial charge >= 0.3 is 0 Å². The Morgan fingerprint density at radius 2 is 2.00 bits per heavy atom. The van der Waals surface area contributed by atoms with Crippen molar-refractivity contribution in [3.05, 3.63) is 34.3 Å². The van der Waals surface area contributed by atoms with Crippen LogP contribution in [0.15, 0.2) is 28.7 Å². The topological polar surface area (TPSA) is 18.5 Å². The van der Waals surface area contributed by atoms with Crippen LogP contribution in [0.3, 0.4) is 0 Å². The summed E-state index contributed by atoms with van der Waals surface area (Å²) in [5, 5.41) is 3.43. The molecule has 1 N–H and O–H groups in total. The highest BCUT2D eigenvalue weighted by molar-refractivity contribution is 9.10. The van der Waals surface area contributed by atoms with Crippen molar-refractivity contribution in [2.24, 2.45) is 0 Å². The minimum absolute atomic E-state index is 0.225. The van der Waals surface area contributed by atoms with Gasteiger partial charge in [0, 0.05) is 49.3 Å². The largest absolute Gasteiger partial charge is 0.314 e. The third-order valence-corrected chi connectivity index (χ3v) is 4.46. The Kier molecular flexibility index (Phi) is 5.61. The fraction of sp³-hybridized carbons (Fsp3) is 0.625. The van der Waals surface area contributed by atoms with Crippen LogP contribution in [0.5, 0.6) is 0 Å². The molecule has 0 amide bonds. The van der Waals surface area contributed by atoms with E-state index >= 15 is 0 Å². The molecule has 0 atom stereocenters. The van der Waals surface area contributed by atoms with E-state index in [0.29, 0.717) is 0 Å². The second kappa shape index (κ2) is 7.03. The van der Waals surface area contributed by atoms with Crippen LogP contribution in [0.25, 0.3) is 0 Å². The molecule has 0 saturated carbocycles. The van der Waals surface area contributed by atoms with Gasteiger partial charge in [-0.2, -0.15) is 0 Å². The Hall–Kier alpha value is -0.420. The van der Waals surface area contributed by atoms with Crippen LogP contribution >= 0.6 is 15.9 Å². The molecule has 1 aromatic rings. The Labute approximate surface area is 131 Å². The first kappa shape index (κ1) is 16.0.